The Morgan fingerprint density at radius 3 is 2.46 bits per heavy atom. The summed E-state index contributed by atoms with van der Waals surface area (Å²) in [7, 11) is -3.80. The van der Waals surface area contributed by atoms with Gasteiger partial charge in [0.1, 0.15) is 5.82 Å². The lowest BCUT2D eigenvalue weighted by atomic mass is 10.2. The number of benzene rings is 2. The van der Waals surface area contributed by atoms with Crippen molar-refractivity contribution in [2.45, 2.75) is 18.4 Å². The van der Waals surface area contributed by atoms with Crippen molar-refractivity contribution < 1.29 is 17.6 Å². The highest BCUT2D eigenvalue weighted by Gasteiger charge is 2.16. The quantitative estimate of drug-likeness (QED) is 0.819. The van der Waals surface area contributed by atoms with Crippen LogP contribution in [0.5, 0.6) is 0 Å². The summed E-state index contributed by atoms with van der Waals surface area (Å²) in [6.45, 7) is 1.48. The van der Waals surface area contributed by atoms with Gasteiger partial charge >= 0.3 is 0 Å². The number of carbonyl (C=O) groups excluding carboxylic acids is 1. The van der Waals surface area contributed by atoms with Crippen molar-refractivity contribution in [3.8, 4) is 0 Å². The van der Waals surface area contributed by atoms with Gasteiger partial charge in [-0.05, 0) is 48.4 Å². The number of hydrogen-bond donors (Lipinski definition) is 2. The fraction of sp³-hybridized carbons (Fsp3) is 0.188. The van der Waals surface area contributed by atoms with Crippen LogP contribution < -0.4 is 10.0 Å². The molecule has 0 unspecified atom stereocenters. The van der Waals surface area contributed by atoms with E-state index in [9.17, 15) is 17.6 Å². The lowest BCUT2D eigenvalue weighted by Gasteiger charge is -2.09. The molecule has 0 spiro atoms. The van der Waals surface area contributed by atoms with Crippen LogP contribution in [-0.2, 0) is 21.4 Å². The topological polar surface area (TPSA) is 75.3 Å². The van der Waals surface area contributed by atoms with Crippen molar-refractivity contribution in [1.82, 2.24) is 10.0 Å². The number of amides is 1. The summed E-state index contributed by atoms with van der Waals surface area (Å²) in [5.41, 5.74) is 1.33. The van der Waals surface area contributed by atoms with E-state index in [0.717, 1.165) is 0 Å². The van der Waals surface area contributed by atoms with Crippen LogP contribution in [0.1, 0.15) is 11.1 Å². The van der Waals surface area contributed by atoms with E-state index in [1.165, 1.54) is 42.5 Å². The third-order valence-electron chi connectivity index (χ3n) is 3.27. The summed E-state index contributed by atoms with van der Waals surface area (Å²) in [6.07, 6.45) is 0. The molecule has 5 nitrogen and oxygen atoms in total. The predicted molar refractivity (Wildman–Crippen MR) is 89.6 cm³/mol. The van der Waals surface area contributed by atoms with E-state index in [0.29, 0.717) is 16.1 Å². The van der Waals surface area contributed by atoms with Crippen molar-refractivity contribution in [1.29, 1.82) is 0 Å². The highest BCUT2D eigenvalue weighted by Crippen LogP contribution is 2.19. The minimum Gasteiger partial charge on any atom is -0.351 e. The highest BCUT2D eigenvalue weighted by molar-refractivity contribution is 7.89. The second-order valence-corrected chi connectivity index (χ2v) is 7.31. The predicted octanol–water partition coefficient (Wildman–Crippen LogP) is 2.38. The molecule has 2 aromatic carbocycles. The summed E-state index contributed by atoms with van der Waals surface area (Å²) in [4.78, 5) is 11.8. The number of sulfonamides is 1. The molecule has 0 saturated heterocycles. The van der Waals surface area contributed by atoms with Crippen molar-refractivity contribution >= 4 is 27.5 Å². The van der Waals surface area contributed by atoms with E-state index < -0.39 is 22.5 Å². The fourth-order valence-electron chi connectivity index (χ4n) is 1.89. The van der Waals surface area contributed by atoms with E-state index in [1.54, 1.807) is 6.92 Å². The van der Waals surface area contributed by atoms with Crippen LogP contribution in [0.25, 0.3) is 0 Å². The van der Waals surface area contributed by atoms with Crippen LogP contribution in [0.3, 0.4) is 0 Å². The molecule has 0 bridgehead atoms. The summed E-state index contributed by atoms with van der Waals surface area (Å²) in [6, 6.07) is 9.93. The first-order chi connectivity index (χ1) is 11.3. The number of aryl methyl sites for hydroxylation is 1. The van der Waals surface area contributed by atoms with Gasteiger partial charge < -0.3 is 5.32 Å². The number of halogens is 2. The van der Waals surface area contributed by atoms with Crippen LogP contribution in [-0.4, -0.2) is 20.9 Å². The maximum atomic E-state index is 12.8. The van der Waals surface area contributed by atoms with Gasteiger partial charge in [0, 0.05) is 11.6 Å². The first-order valence-electron chi connectivity index (χ1n) is 7.05. The molecule has 0 heterocycles. The Morgan fingerprint density at radius 2 is 1.83 bits per heavy atom. The molecular weight excluding hydrogens is 355 g/mol. The van der Waals surface area contributed by atoms with Gasteiger partial charge in [-0.3, -0.25) is 4.79 Å². The Morgan fingerprint density at radius 1 is 1.17 bits per heavy atom. The second kappa shape index (κ2) is 7.74. The van der Waals surface area contributed by atoms with E-state index in [4.69, 9.17) is 11.6 Å². The van der Waals surface area contributed by atoms with E-state index in [1.807, 2.05) is 0 Å². The molecule has 2 aromatic rings. The molecule has 8 heteroatoms. The zero-order valence-corrected chi connectivity index (χ0v) is 14.4. The van der Waals surface area contributed by atoms with Crippen LogP contribution in [0.4, 0.5) is 4.39 Å². The highest BCUT2D eigenvalue weighted by atomic mass is 35.5. The molecule has 0 aliphatic carbocycles. The lowest BCUT2D eigenvalue weighted by molar-refractivity contribution is -0.120. The van der Waals surface area contributed by atoms with Gasteiger partial charge in [0.2, 0.25) is 15.9 Å². The molecule has 128 valence electrons. The zero-order chi connectivity index (χ0) is 17.7. The van der Waals surface area contributed by atoms with E-state index in [-0.39, 0.29) is 17.3 Å². The van der Waals surface area contributed by atoms with Crippen LogP contribution in [0.2, 0.25) is 5.02 Å². The first-order valence-corrected chi connectivity index (χ1v) is 8.91. The molecule has 2 rings (SSSR count). The van der Waals surface area contributed by atoms with E-state index >= 15 is 0 Å². The monoisotopic (exact) mass is 370 g/mol. The van der Waals surface area contributed by atoms with Gasteiger partial charge in [0.15, 0.2) is 0 Å². The fourth-order valence-corrected chi connectivity index (χ4v) is 3.08. The van der Waals surface area contributed by atoms with Crippen molar-refractivity contribution in [2.75, 3.05) is 6.54 Å². The second-order valence-electron chi connectivity index (χ2n) is 5.14. The third-order valence-corrected chi connectivity index (χ3v) is 5.09. The van der Waals surface area contributed by atoms with Gasteiger partial charge in [-0.25, -0.2) is 17.5 Å². The van der Waals surface area contributed by atoms with Crippen molar-refractivity contribution in [3.63, 3.8) is 0 Å². The van der Waals surface area contributed by atoms with Gasteiger partial charge in [-0.2, -0.15) is 0 Å². The molecule has 0 aromatic heterocycles. The molecule has 0 saturated carbocycles. The van der Waals surface area contributed by atoms with Crippen LogP contribution >= 0.6 is 11.6 Å². The Labute approximate surface area is 144 Å². The molecule has 0 atom stereocenters. The molecule has 0 aliphatic rings. The normalized spacial score (nSPS) is 11.3. The van der Waals surface area contributed by atoms with E-state index in [2.05, 4.69) is 10.0 Å². The molecule has 24 heavy (non-hydrogen) atoms. The summed E-state index contributed by atoms with van der Waals surface area (Å²) >= 11 is 5.86. The van der Waals surface area contributed by atoms with Gasteiger partial charge in [0.25, 0.3) is 0 Å². The minimum absolute atomic E-state index is 0.0377. The minimum atomic E-state index is -3.80. The Bertz CT molecular complexity index is 839. The van der Waals surface area contributed by atoms with Gasteiger partial charge in [0.05, 0.1) is 11.4 Å². The van der Waals surface area contributed by atoms with Gasteiger partial charge in [-0.15, -0.1) is 0 Å². The smallest absolute Gasteiger partial charge is 0.241 e. The van der Waals surface area contributed by atoms with Crippen molar-refractivity contribution in [3.05, 3.63) is 64.4 Å². The standard InChI is InChI=1S/C16H16ClFN2O3S/c1-11-8-14(6-7-15(11)17)24(22,23)20-10-16(21)19-9-12-2-4-13(18)5-3-12/h2-8,20H,9-10H2,1H3,(H,19,21). The SMILES string of the molecule is Cc1cc(S(=O)(=O)NCC(=O)NCc2ccc(F)cc2)ccc1Cl. The molecule has 2 N–H and O–H groups in total. The van der Waals surface area contributed by atoms with Gasteiger partial charge in [-0.1, -0.05) is 23.7 Å². The molecule has 0 fully saturated rings. The molecule has 0 radical (unpaired) electrons. The largest absolute Gasteiger partial charge is 0.351 e. The number of carbonyl (C=O) groups is 1. The summed E-state index contributed by atoms with van der Waals surface area (Å²) in [5.74, 6) is -0.857. The number of nitrogens with one attached hydrogen (secondary N) is 2. The van der Waals surface area contributed by atoms with Crippen LogP contribution in [0.15, 0.2) is 47.4 Å². The first kappa shape index (κ1) is 18.4. The Balaban J connectivity index is 1.90. The average Bonchev–Trinajstić information content (AvgIpc) is 2.55. The summed E-state index contributed by atoms with van der Waals surface area (Å²) < 4.78 is 39.3. The van der Waals surface area contributed by atoms with Crippen molar-refractivity contribution in [2.24, 2.45) is 0 Å². The maximum Gasteiger partial charge on any atom is 0.241 e. The zero-order valence-electron chi connectivity index (χ0n) is 12.8. The molecular formula is C16H16ClFN2O3S. The number of hydrogen-bond acceptors (Lipinski definition) is 3. The van der Waals surface area contributed by atoms with Crippen LogP contribution in [0, 0.1) is 12.7 Å². The number of rotatable bonds is 6. The Kier molecular flexibility index (Phi) is 5.93. The third kappa shape index (κ3) is 5.02. The lowest BCUT2D eigenvalue weighted by Crippen LogP contribution is -2.36. The Hall–Kier alpha value is -1.96. The molecule has 0 aliphatic heterocycles. The summed E-state index contributed by atoms with van der Waals surface area (Å²) in [5, 5.41) is 3.02. The maximum absolute atomic E-state index is 12.8. The average molecular weight is 371 g/mol. The molecule has 1 amide bonds.